The molecule has 2 aliphatic rings. The van der Waals surface area contributed by atoms with Gasteiger partial charge < -0.3 is 0 Å². The zero-order chi connectivity index (χ0) is 50.3. The molecular formula is C70H88S3. The number of fused-ring (bicyclic) bond motifs is 6. The van der Waals surface area contributed by atoms with Crippen LogP contribution in [-0.4, -0.2) is 0 Å². The van der Waals surface area contributed by atoms with E-state index in [4.69, 9.17) is 0 Å². The van der Waals surface area contributed by atoms with Crippen molar-refractivity contribution in [3.05, 3.63) is 144 Å². The van der Waals surface area contributed by atoms with Crippen LogP contribution in [0.3, 0.4) is 0 Å². The van der Waals surface area contributed by atoms with Crippen molar-refractivity contribution < 1.29 is 0 Å². The first-order valence-electron chi connectivity index (χ1n) is 29.8. The average molecular weight is 1030 g/mol. The Bertz CT molecular complexity index is 2570. The Kier molecular flexibility index (Phi) is 19.6. The highest BCUT2D eigenvalue weighted by Crippen LogP contribution is 2.57. The summed E-state index contributed by atoms with van der Waals surface area (Å²) in [6.07, 6.45) is 37.4. The number of hydrogen-bond acceptors (Lipinski definition) is 3. The van der Waals surface area contributed by atoms with E-state index in [1.807, 2.05) is 34.0 Å². The topological polar surface area (TPSA) is 0 Å². The average Bonchev–Trinajstić information content (AvgIpc) is 4.29. The molecule has 0 radical (unpaired) electrons. The van der Waals surface area contributed by atoms with Crippen LogP contribution in [0.2, 0.25) is 0 Å². The van der Waals surface area contributed by atoms with Crippen molar-refractivity contribution in [2.24, 2.45) is 0 Å². The molecule has 0 bridgehead atoms. The molecule has 3 heterocycles. The van der Waals surface area contributed by atoms with E-state index in [1.165, 1.54) is 242 Å². The van der Waals surface area contributed by atoms with Crippen molar-refractivity contribution in [1.82, 2.24) is 0 Å². The van der Waals surface area contributed by atoms with E-state index in [0.29, 0.717) is 0 Å². The molecule has 9 rings (SSSR count). The second-order valence-electron chi connectivity index (χ2n) is 22.3. The number of hydrogen-bond donors (Lipinski definition) is 0. The lowest BCUT2D eigenvalue weighted by Gasteiger charge is -2.33. The van der Waals surface area contributed by atoms with Gasteiger partial charge in [0.15, 0.2) is 0 Å². The minimum absolute atomic E-state index is 0.106. The van der Waals surface area contributed by atoms with Gasteiger partial charge in [-0.25, -0.2) is 0 Å². The van der Waals surface area contributed by atoms with Crippen LogP contribution >= 0.6 is 34.0 Å². The predicted octanol–water partition coefficient (Wildman–Crippen LogP) is 24.1. The highest BCUT2D eigenvalue weighted by atomic mass is 32.1. The van der Waals surface area contributed by atoms with Crippen LogP contribution in [0.25, 0.3) is 62.6 Å². The fraction of sp³-hybridized carbons (Fsp3) is 0.486. The SMILES string of the molecule is CCCCCCCCC1(CCCCCCCC)c2ccccc2-c2ccc(-c3ccc(-c4ccc(-c5ccc(-c6ccc7c(c6)C(CCCCCCCC)(CCCCCCCC)c6ccccc6-7)s5)s4)s3)cc21. The molecule has 0 unspecified atom stereocenters. The molecule has 0 saturated carbocycles. The third kappa shape index (κ3) is 12.3. The predicted molar refractivity (Wildman–Crippen MR) is 326 cm³/mol. The van der Waals surface area contributed by atoms with Gasteiger partial charge in [-0.2, -0.15) is 0 Å². The first-order valence-corrected chi connectivity index (χ1v) is 32.3. The van der Waals surface area contributed by atoms with Crippen molar-refractivity contribution in [2.45, 2.75) is 218 Å². The molecule has 7 aromatic rings. The third-order valence-corrected chi connectivity index (χ3v) is 21.0. The molecule has 2 aliphatic carbocycles. The Morgan fingerprint density at radius 2 is 0.534 bits per heavy atom. The summed E-state index contributed by atoms with van der Waals surface area (Å²) in [6.45, 7) is 9.33. The number of benzene rings is 4. The second-order valence-corrected chi connectivity index (χ2v) is 25.6. The molecule has 0 spiro atoms. The Balaban J connectivity index is 0.948. The first-order chi connectivity index (χ1) is 36.0. The fourth-order valence-corrected chi connectivity index (χ4v) is 16.4. The molecule has 0 N–H and O–H groups in total. The van der Waals surface area contributed by atoms with E-state index in [-0.39, 0.29) is 10.8 Å². The summed E-state index contributed by atoms with van der Waals surface area (Å²) < 4.78 is 0. The van der Waals surface area contributed by atoms with E-state index in [9.17, 15) is 0 Å². The Hall–Kier alpha value is -4.02. The molecule has 0 fully saturated rings. The zero-order valence-electron chi connectivity index (χ0n) is 45.6. The molecule has 0 saturated heterocycles. The summed E-state index contributed by atoms with van der Waals surface area (Å²) >= 11 is 5.92. The van der Waals surface area contributed by atoms with E-state index < -0.39 is 0 Å². The Labute approximate surface area is 455 Å². The highest BCUT2D eigenvalue weighted by Gasteiger charge is 2.43. The van der Waals surface area contributed by atoms with Gasteiger partial charge in [-0.3, -0.25) is 0 Å². The van der Waals surface area contributed by atoms with Crippen LogP contribution in [0.5, 0.6) is 0 Å². The maximum atomic E-state index is 2.64. The number of unbranched alkanes of at least 4 members (excludes halogenated alkanes) is 20. The summed E-state index contributed by atoms with van der Waals surface area (Å²) in [4.78, 5) is 8.28. The van der Waals surface area contributed by atoms with Gasteiger partial charge in [-0.15, -0.1) is 34.0 Å². The lowest BCUT2D eigenvalue weighted by Crippen LogP contribution is -2.25. The summed E-state index contributed by atoms with van der Waals surface area (Å²) in [7, 11) is 0. The maximum absolute atomic E-state index is 2.64. The third-order valence-electron chi connectivity index (χ3n) is 17.2. The molecule has 0 amide bonds. The molecule has 3 aromatic heterocycles. The molecule has 0 nitrogen and oxygen atoms in total. The fourth-order valence-electron chi connectivity index (χ4n) is 13.2. The van der Waals surface area contributed by atoms with Gasteiger partial charge in [0.05, 0.1) is 0 Å². The van der Waals surface area contributed by atoms with Crippen LogP contribution in [-0.2, 0) is 10.8 Å². The Morgan fingerprint density at radius 1 is 0.260 bits per heavy atom. The van der Waals surface area contributed by atoms with E-state index in [0.717, 1.165) is 0 Å². The molecule has 3 heteroatoms. The summed E-state index contributed by atoms with van der Waals surface area (Å²) in [5.41, 5.74) is 15.3. The quantitative estimate of drug-likeness (QED) is 0.0369. The van der Waals surface area contributed by atoms with Crippen molar-refractivity contribution in [2.75, 3.05) is 0 Å². The van der Waals surface area contributed by atoms with Gasteiger partial charge in [0, 0.05) is 40.1 Å². The van der Waals surface area contributed by atoms with Gasteiger partial charge in [0.2, 0.25) is 0 Å². The summed E-state index contributed by atoms with van der Waals surface area (Å²) in [5, 5.41) is 0. The van der Waals surface area contributed by atoms with Gasteiger partial charge in [0.25, 0.3) is 0 Å². The molecule has 0 aliphatic heterocycles. The minimum atomic E-state index is 0.106. The van der Waals surface area contributed by atoms with Crippen LogP contribution in [0, 0.1) is 0 Å². The van der Waals surface area contributed by atoms with E-state index >= 15 is 0 Å². The molecule has 0 atom stereocenters. The number of thiophene rings is 3. The van der Waals surface area contributed by atoms with E-state index in [1.54, 1.807) is 22.3 Å². The smallest absolute Gasteiger partial charge is 0.0449 e. The summed E-state index contributed by atoms with van der Waals surface area (Å²) in [5.74, 6) is 0. The maximum Gasteiger partial charge on any atom is 0.0449 e. The highest BCUT2D eigenvalue weighted by molar-refractivity contribution is 7.27. The van der Waals surface area contributed by atoms with Crippen LogP contribution in [0.1, 0.15) is 230 Å². The molecule has 73 heavy (non-hydrogen) atoms. The van der Waals surface area contributed by atoms with Crippen LogP contribution in [0.15, 0.2) is 121 Å². The first kappa shape index (κ1) is 53.8. The van der Waals surface area contributed by atoms with Gasteiger partial charge >= 0.3 is 0 Å². The van der Waals surface area contributed by atoms with Gasteiger partial charge in [-0.05, 0) is 130 Å². The van der Waals surface area contributed by atoms with Crippen molar-refractivity contribution in [1.29, 1.82) is 0 Å². The lowest BCUT2D eigenvalue weighted by molar-refractivity contribution is 0.398. The van der Waals surface area contributed by atoms with Crippen LogP contribution < -0.4 is 0 Å². The van der Waals surface area contributed by atoms with Crippen molar-refractivity contribution in [3.63, 3.8) is 0 Å². The summed E-state index contributed by atoms with van der Waals surface area (Å²) in [6, 6.07) is 48.4. The molecule has 4 aromatic carbocycles. The standard InChI is InChI=1S/C70H88S3/c1-5-9-13-17-21-29-47-69(48-30-22-18-14-10-6-2)59-35-27-25-33-55(59)57-39-37-53(51-61(57)69)63-41-43-65(71-63)67-45-46-68(73-67)66-44-42-64(72-66)54-38-40-58-56-34-26-28-36-60(56)70(62(58)52-54,49-31-23-19-15-11-7-3)50-32-24-20-16-12-8-4/h25-28,33-46,51-52H,5-24,29-32,47-50H2,1-4H3. The number of rotatable bonds is 32. The molecule has 386 valence electrons. The zero-order valence-corrected chi connectivity index (χ0v) is 48.0. The van der Waals surface area contributed by atoms with Gasteiger partial charge in [-0.1, -0.05) is 255 Å². The van der Waals surface area contributed by atoms with Crippen molar-refractivity contribution >= 4 is 34.0 Å². The Morgan fingerprint density at radius 3 is 0.877 bits per heavy atom. The monoisotopic (exact) mass is 1020 g/mol. The van der Waals surface area contributed by atoms with E-state index in [2.05, 4.69) is 149 Å². The van der Waals surface area contributed by atoms with Crippen molar-refractivity contribution in [3.8, 4) is 62.6 Å². The normalized spacial score (nSPS) is 13.9. The van der Waals surface area contributed by atoms with Gasteiger partial charge in [0.1, 0.15) is 0 Å². The lowest BCUT2D eigenvalue weighted by atomic mass is 9.70. The van der Waals surface area contributed by atoms with Crippen LogP contribution in [0.4, 0.5) is 0 Å². The second kappa shape index (κ2) is 26.6. The minimum Gasteiger partial charge on any atom is -0.134 e. The molecular weight excluding hydrogens is 937 g/mol. The largest absolute Gasteiger partial charge is 0.134 e.